The predicted molar refractivity (Wildman–Crippen MR) is 72.0 cm³/mol. The van der Waals surface area contributed by atoms with Crippen LogP contribution in [0.1, 0.15) is 5.56 Å². The van der Waals surface area contributed by atoms with Gasteiger partial charge in [-0.25, -0.2) is 0 Å². The average molecular weight is 411 g/mol. The van der Waals surface area contributed by atoms with Gasteiger partial charge < -0.3 is 5.21 Å². The Bertz CT molecular complexity index is 485. The summed E-state index contributed by atoms with van der Waals surface area (Å²) >= 11 is 9.92. The van der Waals surface area contributed by atoms with Crippen molar-refractivity contribution in [3.63, 3.8) is 0 Å². The van der Waals surface area contributed by atoms with Crippen LogP contribution in [0.4, 0.5) is 0 Å². The number of benzene rings is 1. The lowest BCUT2D eigenvalue weighted by molar-refractivity contribution is -0.704. The summed E-state index contributed by atoms with van der Waals surface area (Å²) in [6, 6.07) is 9.81. The lowest BCUT2D eigenvalue weighted by atomic mass is 10.2. The van der Waals surface area contributed by atoms with Crippen LogP contribution in [-0.4, -0.2) is 4.68 Å². The zero-order valence-electron chi connectivity index (χ0n) is 8.03. The number of rotatable bonds is 2. The number of halogens is 3. The van der Waals surface area contributed by atoms with Crippen molar-refractivity contribution >= 4 is 47.8 Å². The van der Waals surface area contributed by atoms with Crippen LogP contribution in [0.3, 0.4) is 0 Å². The van der Waals surface area contributed by atoms with Gasteiger partial charge in [0.05, 0.1) is 0 Å². The first-order chi connectivity index (χ1) is 7.61. The summed E-state index contributed by atoms with van der Waals surface area (Å²) in [7, 11) is 0. The monoisotopic (exact) mass is 408 g/mol. The molecule has 1 aromatic carbocycles. The summed E-state index contributed by atoms with van der Waals surface area (Å²) in [5.41, 5.74) is 1.07. The SMILES string of the molecule is [O-][n+]1c(Br)c(Br)c(Br)n1Cc1ccccc1. The molecule has 0 fully saturated rings. The Hall–Kier alpha value is -0.330. The Labute approximate surface area is 118 Å². The van der Waals surface area contributed by atoms with Crippen LogP contribution in [-0.2, 0) is 6.54 Å². The molecule has 0 N–H and O–H groups in total. The molecule has 3 nitrogen and oxygen atoms in total. The van der Waals surface area contributed by atoms with Crippen LogP contribution >= 0.6 is 47.8 Å². The fraction of sp³-hybridized carbons (Fsp3) is 0.100. The zero-order valence-corrected chi connectivity index (χ0v) is 12.8. The Morgan fingerprint density at radius 3 is 2.25 bits per heavy atom. The first-order valence-corrected chi connectivity index (χ1v) is 6.86. The summed E-state index contributed by atoms with van der Waals surface area (Å²) in [5.74, 6) is 0. The van der Waals surface area contributed by atoms with Crippen molar-refractivity contribution in [1.82, 2.24) is 4.68 Å². The van der Waals surface area contributed by atoms with Gasteiger partial charge in [0.2, 0.25) is 0 Å². The van der Waals surface area contributed by atoms with Crippen molar-refractivity contribution in [2.45, 2.75) is 6.54 Å². The van der Waals surface area contributed by atoms with E-state index in [2.05, 4.69) is 47.8 Å². The van der Waals surface area contributed by atoms with E-state index >= 15 is 0 Å². The van der Waals surface area contributed by atoms with Gasteiger partial charge in [-0.05, 0) is 37.4 Å². The van der Waals surface area contributed by atoms with Crippen LogP contribution in [0, 0.1) is 5.21 Å². The van der Waals surface area contributed by atoms with Gasteiger partial charge in [0.25, 0.3) is 0 Å². The third kappa shape index (κ3) is 2.19. The maximum absolute atomic E-state index is 11.8. The second-order valence-corrected chi connectivity index (χ2v) is 5.51. The van der Waals surface area contributed by atoms with Crippen LogP contribution in [0.15, 0.2) is 44.0 Å². The van der Waals surface area contributed by atoms with E-state index in [0.717, 1.165) is 19.5 Å². The molecule has 0 unspecified atom stereocenters. The minimum atomic E-state index is 0.468. The average Bonchev–Trinajstić information content (AvgIpc) is 2.48. The Balaban J connectivity index is 2.39. The maximum Gasteiger partial charge on any atom is 0.301 e. The van der Waals surface area contributed by atoms with Crippen molar-refractivity contribution in [1.29, 1.82) is 0 Å². The van der Waals surface area contributed by atoms with E-state index in [9.17, 15) is 5.21 Å². The Morgan fingerprint density at radius 2 is 1.75 bits per heavy atom. The third-order valence-electron chi connectivity index (χ3n) is 2.15. The molecule has 0 aliphatic carbocycles. The van der Waals surface area contributed by atoms with E-state index < -0.39 is 0 Å². The van der Waals surface area contributed by atoms with Gasteiger partial charge in [-0.3, -0.25) is 0 Å². The van der Waals surface area contributed by atoms with E-state index in [0.29, 0.717) is 11.1 Å². The summed E-state index contributed by atoms with van der Waals surface area (Å²) in [5, 5.41) is 11.8. The molecule has 84 valence electrons. The molecule has 2 rings (SSSR count). The molecular weight excluding hydrogens is 404 g/mol. The molecule has 0 atom stereocenters. The fourth-order valence-corrected chi connectivity index (χ4v) is 2.82. The number of hydrogen-bond donors (Lipinski definition) is 0. The lowest BCUT2D eigenvalue weighted by Gasteiger charge is -2.04. The molecule has 0 saturated heterocycles. The summed E-state index contributed by atoms with van der Waals surface area (Å²) in [4.78, 5) is 0.807. The highest BCUT2D eigenvalue weighted by Crippen LogP contribution is 2.29. The second kappa shape index (κ2) is 4.89. The van der Waals surface area contributed by atoms with Gasteiger partial charge in [-0.1, -0.05) is 35.2 Å². The molecule has 0 saturated carbocycles. The molecule has 0 aliphatic rings. The van der Waals surface area contributed by atoms with Crippen LogP contribution in [0.5, 0.6) is 0 Å². The first kappa shape index (κ1) is 12.1. The fourth-order valence-electron chi connectivity index (χ4n) is 1.36. The van der Waals surface area contributed by atoms with E-state index in [-0.39, 0.29) is 0 Å². The number of nitrogens with zero attached hydrogens (tertiary/aromatic N) is 2. The summed E-state index contributed by atoms with van der Waals surface area (Å²) in [6.07, 6.45) is 0. The topological polar surface area (TPSA) is 31.9 Å². The normalized spacial score (nSPS) is 10.7. The molecule has 1 aromatic heterocycles. The van der Waals surface area contributed by atoms with Crippen LogP contribution < -0.4 is 4.85 Å². The van der Waals surface area contributed by atoms with Crippen molar-refractivity contribution < 1.29 is 4.85 Å². The standard InChI is InChI=1S/C10H7Br3N2O/c11-8-9(12)14(15(16)10(8)13)6-7-4-2-1-3-5-7/h1-5H,6H2. The molecule has 1 heterocycles. The van der Waals surface area contributed by atoms with Crippen molar-refractivity contribution in [3.05, 3.63) is 54.8 Å². The highest BCUT2D eigenvalue weighted by atomic mass is 79.9. The number of hydrogen-bond acceptors (Lipinski definition) is 1. The Kier molecular flexibility index (Phi) is 3.71. The highest BCUT2D eigenvalue weighted by Gasteiger charge is 2.21. The molecule has 16 heavy (non-hydrogen) atoms. The van der Waals surface area contributed by atoms with Gasteiger partial charge in [-0.15, -0.1) is 4.68 Å². The second-order valence-electron chi connectivity index (χ2n) is 3.21. The van der Waals surface area contributed by atoms with Gasteiger partial charge in [0.1, 0.15) is 11.0 Å². The third-order valence-corrected chi connectivity index (χ3v) is 5.47. The number of aromatic nitrogens is 2. The predicted octanol–water partition coefficient (Wildman–Crippen LogP) is 3.46. The summed E-state index contributed by atoms with van der Waals surface area (Å²) in [6.45, 7) is 0.523. The van der Waals surface area contributed by atoms with Crippen LogP contribution in [0.2, 0.25) is 0 Å². The molecule has 0 aliphatic heterocycles. The molecular formula is C10H7Br3N2O. The summed E-state index contributed by atoms with van der Waals surface area (Å²) < 4.78 is 3.50. The molecule has 0 amide bonds. The molecule has 0 bridgehead atoms. The van der Waals surface area contributed by atoms with Crippen molar-refractivity contribution in [2.75, 3.05) is 0 Å². The van der Waals surface area contributed by atoms with E-state index in [4.69, 9.17) is 0 Å². The van der Waals surface area contributed by atoms with Crippen molar-refractivity contribution in [3.8, 4) is 0 Å². The van der Waals surface area contributed by atoms with Crippen LogP contribution in [0.25, 0.3) is 0 Å². The van der Waals surface area contributed by atoms with E-state index in [1.807, 2.05) is 30.3 Å². The highest BCUT2D eigenvalue weighted by molar-refractivity contribution is 9.14. The minimum Gasteiger partial charge on any atom is -0.595 e. The molecule has 2 aromatic rings. The van der Waals surface area contributed by atoms with E-state index in [1.165, 1.54) is 0 Å². The van der Waals surface area contributed by atoms with Gasteiger partial charge in [-0.2, -0.15) is 0 Å². The molecule has 0 spiro atoms. The first-order valence-electron chi connectivity index (χ1n) is 4.48. The minimum absolute atomic E-state index is 0.468. The maximum atomic E-state index is 11.8. The lowest BCUT2D eigenvalue weighted by Crippen LogP contribution is -2.38. The largest absolute Gasteiger partial charge is 0.595 e. The molecule has 6 heteroatoms. The Morgan fingerprint density at radius 1 is 1.12 bits per heavy atom. The van der Waals surface area contributed by atoms with Gasteiger partial charge in [0, 0.05) is 15.9 Å². The van der Waals surface area contributed by atoms with Gasteiger partial charge in [0.15, 0.2) is 4.60 Å². The smallest absolute Gasteiger partial charge is 0.301 e. The quantitative estimate of drug-likeness (QED) is 0.551. The van der Waals surface area contributed by atoms with Crippen molar-refractivity contribution in [2.24, 2.45) is 0 Å². The van der Waals surface area contributed by atoms with Gasteiger partial charge >= 0.3 is 4.60 Å². The zero-order chi connectivity index (χ0) is 11.7. The van der Waals surface area contributed by atoms with E-state index in [1.54, 1.807) is 4.68 Å². The molecule has 0 radical (unpaired) electrons.